The second kappa shape index (κ2) is 11.3. The first-order valence-corrected chi connectivity index (χ1v) is 13.5. The maximum atomic E-state index is 13.6. The van der Waals surface area contributed by atoms with Gasteiger partial charge in [0.05, 0.1) is 25.2 Å². The molecule has 2 fully saturated rings. The van der Waals surface area contributed by atoms with Crippen LogP contribution >= 0.6 is 12.4 Å². The van der Waals surface area contributed by atoms with Crippen LogP contribution in [-0.4, -0.2) is 95.4 Å². The summed E-state index contributed by atoms with van der Waals surface area (Å²) in [6.07, 6.45) is 0. The summed E-state index contributed by atoms with van der Waals surface area (Å²) in [6, 6.07) is 12.7. The van der Waals surface area contributed by atoms with Gasteiger partial charge in [0.15, 0.2) is 0 Å². The van der Waals surface area contributed by atoms with Crippen molar-refractivity contribution in [2.24, 2.45) is 0 Å². The number of likely N-dealkylation sites (N-methyl/N-ethyl adjacent to an activating group) is 1. The Kier molecular flexibility index (Phi) is 7.97. The lowest BCUT2D eigenvalue weighted by Gasteiger charge is -2.47. The van der Waals surface area contributed by atoms with Crippen LogP contribution in [0.25, 0.3) is 10.9 Å². The molecule has 1 atom stereocenters. The number of carbonyl (C=O) groups excluding carboxylic acids is 3. The van der Waals surface area contributed by atoms with Gasteiger partial charge in [0.1, 0.15) is 12.4 Å². The molecule has 218 valence electrons. The van der Waals surface area contributed by atoms with Crippen molar-refractivity contribution in [1.82, 2.24) is 24.7 Å². The van der Waals surface area contributed by atoms with Gasteiger partial charge in [0, 0.05) is 61.9 Å². The van der Waals surface area contributed by atoms with E-state index >= 15 is 0 Å². The first-order chi connectivity index (χ1) is 19.3. The lowest BCUT2D eigenvalue weighted by Crippen LogP contribution is -2.63. The highest BCUT2D eigenvalue weighted by molar-refractivity contribution is 6.06. The summed E-state index contributed by atoms with van der Waals surface area (Å²) in [7, 11) is 1.55. The minimum atomic E-state index is -0.894. The number of carbonyl (C=O) groups is 3. The Labute approximate surface area is 243 Å². The van der Waals surface area contributed by atoms with Gasteiger partial charge in [-0.05, 0) is 48.4 Å². The molecule has 6 rings (SSSR count). The molecule has 0 saturated carbocycles. The molecule has 1 aromatic heterocycles. The highest BCUT2D eigenvalue weighted by atomic mass is 35.5. The molecule has 0 unspecified atom stereocenters. The van der Waals surface area contributed by atoms with Gasteiger partial charge in [-0.25, -0.2) is 10.3 Å². The fraction of sp³-hybridized carbons (Fsp3) is 0.414. The monoisotopic (exact) mass is 583 g/mol. The molecule has 3 aliphatic heterocycles. The highest BCUT2D eigenvalue weighted by Gasteiger charge is 2.53. The summed E-state index contributed by atoms with van der Waals surface area (Å²) in [5.41, 5.74) is 4.83. The molecule has 12 heteroatoms. The lowest BCUT2D eigenvalue weighted by atomic mass is 9.75. The molecule has 3 aliphatic rings. The van der Waals surface area contributed by atoms with Gasteiger partial charge in [-0.1, -0.05) is 12.1 Å². The van der Waals surface area contributed by atoms with Crippen molar-refractivity contribution in [3.63, 3.8) is 0 Å². The van der Waals surface area contributed by atoms with Crippen molar-refractivity contribution in [1.29, 1.82) is 0 Å². The Morgan fingerprint density at radius 2 is 1.85 bits per heavy atom. The van der Waals surface area contributed by atoms with Gasteiger partial charge < -0.3 is 18.9 Å². The Hall–Kier alpha value is -3.64. The standard InChI is InChI=1S/C29H33N5O6.ClH/c1-29-18-33(28(37)31(2)27(29)36)17-24-25(29)22-15-21(40-14-11-32-9-12-39-13-10-32)7-8-23(22)34(24)16-19-3-5-20(6-4-19)26(35)30-38;/h3-8,15,38H,9-14,16-18H2,1-2H3,(H,30,35);1H/t29-;/m1./s1. The number of amides is 4. The maximum Gasteiger partial charge on any atom is 0.326 e. The Bertz CT molecular complexity index is 1490. The lowest BCUT2D eigenvalue weighted by molar-refractivity contribution is -0.137. The van der Waals surface area contributed by atoms with Crippen molar-refractivity contribution in [2.45, 2.75) is 25.4 Å². The van der Waals surface area contributed by atoms with E-state index in [0.29, 0.717) is 31.8 Å². The fourth-order valence-electron chi connectivity index (χ4n) is 6.24. The van der Waals surface area contributed by atoms with Crippen LogP contribution in [0.2, 0.25) is 0 Å². The van der Waals surface area contributed by atoms with Gasteiger partial charge in [-0.3, -0.25) is 24.6 Å². The molecule has 4 heterocycles. The summed E-state index contributed by atoms with van der Waals surface area (Å²) in [5, 5.41) is 9.88. The number of morpholine rings is 1. The number of ether oxygens (including phenoxy) is 2. The second-order valence-electron chi connectivity index (χ2n) is 10.9. The van der Waals surface area contributed by atoms with Gasteiger partial charge in [-0.15, -0.1) is 12.4 Å². The van der Waals surface area contributed by atoms with E-state index in [2.05, 4.69) is 9.47 Å². The average molecular weight is 584 g/mol. The zero-order chi connectivity index (χ0) is 28.0. The van der Waals surface area contributed by atoms with Crippen LogP contribution in [0.4, 0.5) is 4.79 Å². The Balaban J connectivity index is 0.00000337. The average Bonchev–Trinajstić information content (AvgIpc) is 3.28. The van der Waals surface area contributed by atoms with Gasteiger partial charge in [-0.2, -0.15) is 0 Å². The van der Waals surface area contributed by atoms with E-state index < -0.39 is 11.3 Å². The van der Waals surface area contributed by atoms with Crippen molar-refractivity contribution < 1.29 is 29.1 Å². The van der Waals surface area contributed by atoms with Crippen molar-refractivity contribution in [3.05, 3.63) is 64.8 Å². The van der Waals surface area contributed by atoms with Crippen molar-refractivity contribution >= 4 is 41.2 Å². The number of rotatable bonds is 7. The summed E-state index contributed by atoms with van der Waals surface area (Å²) in [5.74, 6) is -0.0586. The van der Waals surface area contributed by atoms with Crippen molar-refractivity contribution in [2.75, 3.05) is 53.0 Å². The smallest absolute Gasteiger partial charge is 0.326 e. The number of benzene rings is 2. The molecule has 3 aromatic rings. The third-order valence-corrected chi connectivity index (χ3v) is 8.31. The van der Waals surface area contributed by atoms with Gasteiger partial charge in [0.25, 0.3) is 5.91 Å². The molecule has 41 heavy (non-hydrogen) atoms. The molecule has 0 radical (unpaired) electrons. The molecular formula is C29H34ClN5O6. The van der Waals surface area contributed by atoms with E-state index in [0.717, 1.165) is 66.3 Å². The maximum absolute atomic E-state index is 13.6. The third kappa shape index (κ3) is 5.03. The summed E-state index contributed by atoms with van der Waals surface area (Å²) in [6.45, 7) is 7.73. The van der Waals surface area contributed by atoms with E-state index in [1.807, 2.05) is 37.3 Å². The molecule has 2 bridgehead atoms. The molecule has 2 N–H and O–H groups in total. The van der Waals surface area contributed by atoms with E-state index in [1.54, 1.807) is 29.6 Å². The number of urea groups is 1. The van der Waals surface area contributed by atoms with E-state index in [-0.39, 0.29) is 24.3 Å². The minimum absolute atomic E-state index is 0. The molecule has 2 saturated heterocycles. The second-order valence-corrected chi connectivity index (χ2v) is 10.9. The van der Waals surface area contributed by atoms with Crippen LogP contribution in [0.5, 0.6) is 5.75 Å². The topological polar surface area (TPSA) is 117 Å². The predicted octanol–water partition coefficient (Wildman–Crippen LogP) is 2.61. The number of halogens is 1. The molecule has 11 nitrogen and oxygen atoms in total. The van der Waals surface area contributed by atoms with Gasteiger partial charge >= 0.3 is 6.03 Å². The zero-order valence-electron chi connectivity index (χ0n) is 23.1. The van der Waals surface area contributed by atoms with Gasteiger partial charge in [0.2, 0.25) is 5.91 Å². The molecular weight excluding hydrogens is 550 g/mol. The summed E-state index contributed by atoms with van der Waals surface area (Å²) >= 11 is 0. The molecule has 0 aliphatic carbocycles. The van der Waals surface area contributed by atoms with Crippen molar-refractivity contribution in [3.8, 4) is 5.75 Å². The van der Waals surface area contributed by atoms with Crippen LogP contribution in [0.3, 0.4) is 0 Å². The number of hydrogen-bond acceptors (Lipinski definition) is 7. The zero-order valence-corrected chi connectivity index (χ0v) is 23.9. The number of hydrogen-bond donors (Lipinski definition) is 2. The summed E-state index contributed by atoms with van der Waals surface area (Å²) in [4.78, 5) is 43.6. The third-order valence-electron chi connectivity index (χ3n) is 8.31. The molecule has 0 spiro atoms. The number of fused-ring (bicyclic) bond motifs is 6. The predicted molar refractivity (Wildman–Crippen MR) is 153 cm³/mol. The SMILES string of the molecule is CN1C(=O)N2Cc3c(c4cc(OCCN5CCOCC5)ccc4n3Cc3ccc(C(=O)NO)cc3)[C@@](C)(C2)C1=O.Cl. The first-order valence-electron chi connectivity index (χ1n) is 13.5. The van der Waals surface area contributed by atoms with E-state index in [1.165, 1.54) is 4.90 Å². The number of nitrogens with one attached hydrogen (secondary N) is 1. The largest absolute Gasteiger partial charge is 0.492 e. The number of imide groups is 1. The van der Waals surface area contributed by atoms with Crippen LogP contribution in [0, 0.1) is 0 Å². The first kappa shape index (κ1) is 28.9. The number of aromatic nitrogens is 1. The Morgan fingerprint density at radius 1 is 1.12 bits per heavy atom. The number of hydroxylamine groups is 1. The van der Waals surface area contributed by atoms with Crippen LogP contribution in [0.1, 0.15) is 34.1 Å². The van der Waals surface area contributed by atoms with Crippen LogP contribution < -0.4 is 10.2 Å². The highest BCUT2D eigenvalue weighted by Crippen LogP contribution is 2.45. The van der Waals surface area contributed by atoms with E-state index in [4.69, 9.17) is 14.7 Å². The van der Waals surface area contributed by atoms with E-state index in [9.17, 15) is 14.4 Å². The van der Waals surface area contributed by atoms with Crippen LogP contribution in [-0.2, 0) is 28.0 Å². The fourth-order valence-corrected chi connectivity index (χ4v) is 6.24. The molecule has 4 amide bonds. The summed E-state index contributed by atoms with van der Waals surface area (Å²) < 4.78 is 13.8. The minimum Gasteiger partial charge on any atom is -0.492 e. The van der Waals surface area contributed by atoms with Crippen LogP contribution in [0.15, 0.2) is 42.5 Å². The number of nitrogens with zero attached hydrogens (tertiary/aromatic N) is 4. The Morgan fingerprint density at radius 3 is 2.56 bits per heavy atom. The molecule has 2 aromatic carbocycles. The normalized spacial score (nSPS) is 20.6. The quantitative estimate of drug-likeness (QED) is 0.324.